The highest BCUT2D eigenvalue weighted by Crippen LogP contribution is 2.11. The monoisotopic (exact) mass is 268 g/mol. The van der Waals surface area contributed by atoms with Crippen molar-refractivity contribution >= 4 is 21.9 Å². The zero-order valence-corrected chi connectivity index (χ0v) is 9.93. The molecule has 0 amide bonds. The van der Waals surface area contributed by atoms with E-state index in [-0.39, 0.29) is 6.42 Å². The van der Waals surface area contributed by atoms with Gasteiger partial charge < -0.3 is 5.11 Å². The standard InChI is InChI=1S/C10H18BrFO2/c11-8-9(12)6-4-2-1-3-5-7-10(13)14/h9H,1-8H2,(H,13,14). The SMILES string of the molecule is O=C(O)CCCCCCCC(F)CBr. The van der Waals surface area contributed by atoms with E-state index in [0.717, 1.165) is 32.1 Å². The summed E-state index contributed by atoms with van der Waals surface area (Å²) in [5, 5.41) is 8.79. The first-order valence-electron chi connectivity index (χ1n) is 5.08. The summed E-state index contributed by atoms with van der Waals surface area (Å²) < 4.78 is 12.7. The van der Waals surface area contributed by atoms with Crippen LogP contribution in [0.15, 0.2) is 0 Å². The van der Waals surface area contributed by atoms with Crippen LogP contribution in [0, 0.1) is 0 Å². The van der Waals surface area contributed by atoms with Crippen LogP contribution in [-0.2, 0) is 4.79 Å². The minimum atomic E-state index is -0.729. The predicted molar refractivity (Wildman–Crippen MR) is 58.6 cm³/mol. The fraction of sp³-hybridized carbons (Fsp3) is 0.900. The van der Waals surface area contributed by atoms with E-state index in [4.69, 9.17) is 5.11 Å². The van der Waals surface area contributed by atoms with Gasteiger partial charge in [0.25, 0.3) is 0 Å². The Labute approximate surface area is 93.0 Å². The van der Waals surface area contributed by atoms with Crippen LogP contribution in [0.1, 0.15) is 44.9 Å². The predicted octanol–water partition coefficient (Wildman–Crippen LogP) is 3.53. The number of hydrogen-bond acceptors (Lipinski definition) is 1. The van der Waals surface area contributed by atoms with Gasteiger partial charge in [-0.15, -0.1) is 0 Å². The lowest BCUT2D eigenvalue weighted by molar-refractivity contribution is -0.137. The average molecular weight is 269 g/mol. The summed E-state index contributed by atoms with van der Waals surface area (Å²) in [6, 6.07) is 0. The Balaban J connectivity index is 3.02. The maximum Gasteiger partial charge on any atom is 0.303 e. The molecule has 0 rings (SSSR count). The van der Waals surface area contributed by atoms with Gasteiger partial charge >= 0.3 is 5.97 Å². The molecule has 0 aliphatic rings. The number of unbranched alkanes of at least 4 members (excludes halogenated alkanes) is 4. The molecule has 0 aromatic heterocycles. The number of hydrogen-bond donors (Lipinski definition) is 1. The molecule has 0 fully saturated rings. The number of carboxylic acid groups (broad SMARTS) is 1. The minimum absolute atomic E-state index is 0.257. The quantitative estimate of drug-likeness (QED) is 0.513. The second-order valence-electron chi connectivity index (χ2n) is 3.45. The Morgan fingerprint density at radius 3 is 2.36 bits per heavy atom. The van der Waals surface area contributed by atoms with Crippen molar-refractivity contribution in [3.05, 3.63) is 0 Å². The van der Waals surface area contributed by atoms with Gasteiger partial charge in [0.2, 0.25) is 0 Å². The Morgan fingerprint density at radius 2 is 1.79 bits per heavy atom. The molecule has 84 valence electrons. The van der Waals surface area contributed by atoms with Crippen LogP contribution < -0.4 is 0 Å². The summed E-state index contributed by atoms with van der Waals surface area (Å²) in [5.74, 6) is -0.729. The third-order valence-electron chi connectivity index (χ3n) is 2.08. The van der Waals surface area contributed by atoms with E-state index in [9.17, 15) is 9.18 Å². The molecule has 0 spiro atoms. The molecule has 4 heteroatoms. The van der Waals surface area contributed by atoms with Gasteiger partial charge in [-0.3, -0.25) is 4.79 Å². The van der Waals surface area contributed by atoms with Crippen molar-refractivity contribution in [2.45, 2.75) is 51.1 Å². The van der Waals surface area contributed by atoms with Crippen molar-refractivity contribution in [1.29, 1.82) is 0 Å². The molecule has 0 saturated heterocycles. The van der Waals surface area contributed by atoms with Gasteiger partial charge in [0.05, 0.1) is 0 Å². The highest BCUT2D eigenvalue weighted by molar-refractivity contribution is 9.09. The van der Waals surface area contributed by atoms with Crippen LogP contribution in [0.5, 0.6) is 0 Å². The van der Waals surface area contributed by atoms with Gasteiger partial charge in [0.1, 0.15) is 6.17 Å². The summed E-state index contributed by atoms with van der Waals surface area (Å²) in [4.78, 5) is 10.2. The van der Waals surface area contributed by atoms with Crippen molar-refractivity contribution in [2.24, 2.45) is 0 Å². The van der Waals surface area contributed by atoms with Crippen LogP contribution in [0.3, 0.4) is 0 Å². The molecule has 0 aromatic rings. The third kappa shape index (κ3) is 9.96. The van der Waals surface area contributed by atoms with Crippen molar-refractivity contribution in [2.75, 3.05) is 5.33 Å². The number of alkyl halides is 2. The van der Waals surface area contributed by atoms with Crippen LogP contribution >= 0.6 is 15.9 Å². The second-order valence-corrected chi connectivity index (χ2v) is 4.10. The molecule has 2 nitrogen and oxygen atoms in total. The van der Waals surface area contributed by atoms with E-state index in [1.807, 2.05) is 0 Å². The smallest absolute Gasteiger partial charge is 0.303 e. The molecule has 14 heavy (non-hydrogen) atoms. The number of carbonyl (C=O) groups is 1. The fourth-order valence-corrected chi connectivity index (χ4v) is 1.57. The number of halogens is 2. The zero-order chi connectivity index (χ0) is 10.8. The number of carboxylic acids is 1. The van der Waals surface area contributed by atoms with Crippen molar-refractivity contribution in [1.82, 2.24) is 0 Å². The molecule has 0 bridgehead atoms. The third-order valence-corrected chi connectivity index (χ3v) is 2.78. The van der Waals surface area contributed by atoms with Crippen LogP contribution in [0.2, 0.25) is 0 Å². The summed E-state index contributed by atoms with van der Waals surface area (Å²) in [6.45, 7) is 0. The largest absolute Gasteiger partial charge is 0.481 e. The zero-order valence-electron chi connectivity index (χ0n) is 8.35. The van der Waals surface area contributed by atoms with Crippen LogP contribution in [0.25, 0.3) is 0 Å². The van der Waals surface area contributed by atoms with E-state index >= 15 is 0 Å². The lowest BCUT2D eigenvalue weighted by atomic mass is 10.1. The van der Waals surface area contributed by atoms with Gasteiger partial charge in [0, 0.05) is 11.8 Å². The first-order valence-corrected chi connectivity index (χ1v) is 6.20. The molecule has 0 heterocycles. The lowest BCUT2D eigenvalue weighted by Crippen LogP contribution is -2.00. The van der Waals surface area contributed by atoms with E-state index in [1.165, 1.54) is 0 Å². The molecule has 1 unspecified atom stereocenters. The number of aliphatic carboxylic acids is 1. The molecule has 0 aliphatic heterocycles. The van der Waals surface area contributed by atoms with E-state index in [1.54, 1.807) is 0 Å². The Kier molecular flexibility index (Phi) is 9.35. The first-order chi connectivity index (χ1) is 6.66. The maximum atomic E-state index is 12.7. The van der Waals surface area contributed by atoms with Crippen LogP contribution in [0.4, 0.5) is 4.39 Å². The molecular formula is C10H18BrFO2. The van der Waals surface area contributed by atoms with Crippen molar-refractivity contribution < 1.29 is 14.3 Å². The normalized spacial score (nSPS) is 12.7. The molecule has 0 aliphatic carbocycles. The summed E-state index contributed by atoms with van der Waals surface area (Å²) in [7, 11) is 0. The minimum Gasteiger partial charge on any atom is -0.481 e. The highest BCUT2D eigenvalue weighted by atomic mass is 79.9. The van der Waals surface area contributed by atoms with Crippen molar-refractivity contribution in [3.8, 4) is 0 Å². The Hall–Kier alpha value is -0.120. The first kappa shape index (κ1) is 13.9. The molecular weight excluding hydrogens is 251 g/mol. The molecule has 0 radical (unpaired) electrons. The fourth-order valence-electron chi connectivity index (χ4n) is 1.25. The van der Waals surface area contributed by atoms with E-state index < -0.39 is 12.1 Å². The van der Waals surface area contributed by atoms with Crippen molar-refractivity contribution in [3.63, 3.8) is 0 Å². The van der Waals surface area contributed by atoms with Gasteiger partial charge in [-0.2, -0.15) is 0 Å². The van der Waals surface area contributed by atoms with Gasteiger partial charge in [-0.25, -0.2) is 4.39 Å². The van der Waals surface area contributed by atoms with Gasteiger partial charge in [-0.05, 0) is 12.8 Å². The lowest BCUT2D eigenvalue weighted by Gasteiger charge is -2.03. The topological polar surface area (TPSA) is 37.3 Å². The summed E-state index contributed by atoms with van der Waals surface area (Å²) >= 11 is 3.08. The maximum absolute atomic E-state index is 12.7. The highest BCUT2D eigenvalue weighted by Gasteiger charge is 2.02. The van der Waals surface area contributed by atoms with Gasteiger partial charge in [0.15, 0.2) is 0 Å². The second kappa shape index (κ2) is 9.44. The molecule has 0 saturated carbocycles. The molecule has 1 N–H and O–H groups in total. The number of rotatable bonds is 9. The Morgan fingerprint density at radius 1 is 1.21 bits per heavy atom. The van der Waals surface area contributed by atoms with Gasteiger partial charge in [-0.1, -0.05) is 41.6 Å². The van der Waals surface area contributed by atoms with E-state index in [0.29, 0.717) is 11.8 Å². The molecule has 0 aromatic carbocycles. The summed E-state index contributed by atoms with van der Waals surface area (Å²) in [6.07, 6.45) is 4.76. The summed E-state index contributed by atoms with van der Waals surface area (Å²) in [5.41, 5.74) is 0. The average Bonchev–Trinajstić information content (AvgIpc) is 2.15. The van der Waals surface area contributed by atoms with E-state index in [2.05, 4.69) is 15.9 Å². The molecule has 1 atom stereocenters. The Bertz CT molecular complexity index is 153. The van der Waals surface area contributed by atoms with Crippen LogP contribution in [-0.4, -0.2) is 22.6 Å².